The monoisotopic (exact) mass is 264 g/mol. The Morgan fingerprint density at radius 3 is 2.67 bits per heavy atom. The number of hydrogen-bond acceptors (Lipinski definition) is 3. The molecule has 0 radical (unpaired) electrons. The normalized spacial score (nSPS) is 12.6. The maximum absolute atomic E-state index is 12.8. The van der Waals surface area contributed by atoms with Crippen LogP contribution in [0.1, 0.15) is 22.6 Å². The van der Waals surface area contributed by atoms with E-state index in [1.807, 2.05) is 12.4 Å². The van der Waals surface area contributed by atoms with Crippen molar-refractivity contribution in [2.24, 2.45) is 5.73 Å². The van der Waals surface area contributed by atoms with Crippen molar-refractivity contribution in [3.05, 3.63) is 51.7 Å². The predicted octanol–water partition coefficient (Wildman–Crippen LogP) is 3.09. The third-order valence-corrected chi connectivity index (χ3v) is 3.99. The summed E-state index contributed by atoms with van der Waals surface area (Å²) < 4.78 is 12.8. The van der Waals surface area contributed by atoms with Gasteiger partial charge in [0.05, 0.1) is 11.2 Å². The van der Waals surface area contributed by atoms with Crippen LogP contribution >= 0.6 is 11.3 Å². The van der Waals surface area contributed by atoms with Crippen molar-refractivity contribution in [1.29, 1.82) is 0 Å². The highest BCUT2D eigenvalue weighted by Gasteiger charge is 2.07. The van der Waals surface area contributed by atoms with E-state index in [2.05, 4.69) is 4.98 Å². The number of aryl methyl sites for hydroxylation is 2. The topological polar surface area (TPSA) is 38.9 Å². The minimum absolute atomic E-state index is 0.108. The fourth-order valence-electron chi connectivity index (χ4n) is 1.91. The Morgan fingerprint density at radius 2 is 2.06 bits per heavy atom. The molecular weight excluding hydrogens is 247 g/mol. The van der Waals surface area contributed by atoms with Gasteiger partial charge in [-0.05, 0) is 43.9 Å². The van der Waals surface area contributed by atoms with Gasteiger partial charge in [-0.1, -0.05) is 12.1 Å². The van der Waals surface area contributed by atoms with E-state index in [1.165, 1.54) is 17.0 Å². The summed E-state index contributed by atoms with van der Waals surface area (Å²) in [7, 11) is 0. The van der Waals surface area contributed by atoms with Gasteiger partial charge in [-0.25, -0.2) is 9.37 Å². The molecule has 0 aliphatic rings. The maximum Gasteiger partial charge on any atom is 0.123 e. The van der Waals surface area contributed by atoms with Crippen molar-refractivity contribution in [3.8, 4) is 0 Å². The number of halogens is 1. The number of benzene rings is 1. The number of hydrogen-bond donors (Lipinski definition) is 1. The highest BCUT2D eigenvalue weighted by Crippen LogP contribution is 2.16. The number of nitrogens with two attached hydrogens (primary N) is 1. The van der Waals surface area contributed by atoms with E-state index in [-0.39, 0.29) is 11.9 Å². The number of aromatic nitrogens is 1. The Morgan fingerprint density at radius 1 is 1.33 bits per heavy atom. The Labute approximate surface area is 111 Å². The van der Waals surface area contributed by atoms with Crippen LogP contribution in [0.2, 0.25) is 0 Å². The molecular formula is C14H17FN2S. The third-order valence-electron chi connectivity index (χ3n) is 3.00. The molecule has 0 saturated heterocycles. The molecule has 0 bridgehead atoms. The minimum Gasteiger partial charge on any atom is -0.327 e. The summed E-state index contributed by atoms with van der Waals surface area (Å²) in [6, 6.07) is 6.67. The highest BCUT2D eigenvalue weighted by molar-refractivity contribution is 7.09. The Balaban J connectivity index is 1.83. The van der Waals surface area contributed by atoms with Gasteiger partial charge in [0.25, 0.3) is 0 Å². The van der Waals surface area contributed by atoms with Gasteiger partial charge in [-0.2, -0.15) is 0 Å². The quantitative estimate of drug-likeness (QED) is 0.901. The Bertz CT molecular complexity index is 493. The molecule has 18 heavy (non-hydrogen) atoms. The first-order valence-electron chi connectivity index (χ1n) is 6.04. The van der Waals surface area contributed by atoms with Gasteiger partial charge >= 0.3 is 0 Å². The van der Waals surface area contributed by atoms with Crippen molar-refractivity contribution < 1.29 is 4.39 Å². The lowest BCUT2D eigenvalue weighted by Gasteiger charge is -2.11. The van der Waals surface area contributed by atoms with E-state index in [4.69, 9.17) is 5.73 Å². The standard InChI is InChI=1S/C14H17FN2S/c1-10-14(18-9-17-10)7-6-13(16)8-11-2-4-12(15)5-3-11/h2-5,9,13H,6-8,16H2,1H3. The van der Waals surface area contributed by atoms with Crippen molar-refractivity contribution in [2.75, 3.05) is 0 Å². The molecule has 0 aliphatic heterocycles. The largest absolute Gasteiger partial charge is 0.327 e. The minimum atomic E-state index is -0.201. The van der Waals surface area contributed by atoms with Crippen LogP contribution in [0.3, 0.4) is 0 Å². The molecule has 1 unspecified atom stereocenters. The number of rotatable bonds is 5. The summed E-state index contributed by atoms with van der Waals surface area (Å²) in [4.78, 5) is 5.53. The van der Waals surface area contributed by atoms with Crippen LogP contribution in [-0.2, 0) is 12.8 Å². The molecule has 2 nitrogen and oxygen atoms in total. The van der Waals surface area contributed by atoms with Crippen LogP contribution in [0, 0.1) is 12.7 Å². The van der Waals surface area contributed by atoms with Gasteiger partial charge in [0.2, 0.25) is 0 Å². The first kappa shape index (κ1) is 13.2. The molecule has 0 aliphatic carbocycles. The summed E-state index contributed by atoms with van der Waals surface area (Å²) >= 11 is 1.68. The van der Waals surface area contributed by atoms with Crippen LogP contribution in [0.5, 0.6) is 0 Å². The lowest BCUT2D eigenvalue weighted by atomic mass is 10.0. The van der Waals surface area contributed by atoms with Gasteiger partial charge in [-0.3, -0.25) is 0 Å². The summed E-state index contributed by atoms with van der Waals surface area (Å²) in [5.74, 6) is -0.201. The number of nitrogens with zero attached hydrogens (tertiary/aromatic N) is 1. The van der Waals surface area contributed by atoms with Crippen molar-refractivity contribution in [1.82, 2.24) is 4.98 Å². The van der Waals surface area contributed by atoms with Crippen molar-refractivity contribution in [3.63, 3.8) is 0 Å². The second kappa shape index (κ2) is 6.07. The van der Waals surface area contributed by atoms with E-state index >= 15 is 0 Å². The van der Waals surface area contributed by atoms with E-state index in [0.717, 1.165) is 30.5 Å². The molecule has 0 fully saturated rings. The Kier molecular flexibility index (Phi) is 4.44. The van der Waals surface area contributed by atoms with Crippen LogP contribution in [0.15, 0.2) is 29.8 Å². The molecule has 96 valence electrons. The van der Waals surface area contributed by atoms with Crippen LogP contribution < -0.4 is 5.73 Å². The molecule has 2 aromatic rings. The zero-order valence-corrected chi connectivity index (χ0v) is 11.2. The molecule has 0 amide bonds. The first-order chi connectivity index (χ1) is 8.65. The zero-order valence-electron chi connectivity index (χ0n) is 10.4. The average molecular weight is 264 g/mol. The second-order valence-corrected chi connectivity index (χ2v) is 5.43. The van der Waals surface area contributed by atoms with Crippen LogP contribution in [0.25, 0.3) is 0 Å². The van der Waals surface area contributed by atoms with Crippen LogP contribution in [-0.4, -0.2) is 11.0 Å². The fraction of sp³-hybridized carbons (Fsp3) is 0.357. The van der Waals surface area contributed by atoms with Gasteiger partial charge in [0, 0.05) is 10.9 Å². The molecule has 0 saturated carbocycles. The number of thiazole rings is 1. The molecule has 2 N–H and O–H groups in total. The molecule has 1 atom stereocenters. The smallest absolute Gasteiger partial charge is 0.123 e. The van der Waals surface area contributed by atoms with E-state index in [9.17, 15) is 4.39 Å². The van der Waals surface area contributed by atoms with Gasteiger partial charge in [0.1, 0.15) is 5.82 Å². The molecule has 1 aromatic heterocycles. The van der Waals surface area contributed by atoms with Crippen molar-refractivity contribution >= 4 is 11.3 Å². The van der Waals surface area contributed by atoms with E-state index < -0.39 is 0 Å². The predicted molar refractivity (Wildman–Crippen MR) is 73.3 cm³/mol. The highest BCUT2D eigenvalue weighted by atomic mass is 32.1. The summed E-state index contributed by atoms with van der Waals surface area (Å²) in [6.45, 7) is 2.03. The lowest BCUT2D eigenvalue weighted by Crippen LogP contribution is -2.23. The zero-order chi connectivity index (χ0) is 13.0. The van der Waals surface area contributed by atoms with Gasteiger partial charge < -0.3 is 5.73 Å². The Hall–Kier alpha value is -1.26. The maximum atomic E-state index is 12.8. The second-order valence-electron chi connectivity index (χ2n) is 4.49. The average Bonchev–Trinajstić information content (AvgIpc) is 2.75. The SMILES string of the molecule is Cc1ncsc1CCC(N)Cc1ccc(F)cc1. The van der Waals surface area contributed by atoms with E-state index in [1.54, 1.807) is 23.5 Å². The molecule has 4 heteroatoms. The molecule has 0 spiro atoms. The summed E-state index contributed by atoms with van der Waals surface area (Å²) in [6.07, 6.45) is 2.69. The van der Waals surface area contributed by atoms with Crippen LogP contribution in [0.4, 0.5) is 4.39 Å². The molecule has 1 aromatic carbocycles. The van der Waals surface area contributed by atoms with Gasteiger partial charge in [-0.15, -0.1) is 11.3 Å². The molecule has 1 heterocycles. The summed E-state index contributed by atoms with van der Waals surface area (Å²) in [5, 5.41) is 0. The first-order valence-corrected chi connectivity index (χ1v) is 6.92. The lowest BCUT2D eigenvalue weighted by molar-refractivity contribution is 0.606. The molecule has 2 rings (SSSR count). The van der Waals surface area contributed by atoms with E-state index in [0.29, 0.717) is 0 Å². The van der Waals surface area contributed by atoms with Gasteiger partial charge in [0.15, 0.2) is 0 Å². The summed E-state index contributed by atoms with van der Waals surface area (Å²) in [5.41, 5.74) is 10.2. The fourth-order valence-corrected chi connectivity index (χ4v) is 2.70. The van der Waals surface area contributed by atoms with Crippen molar-refractivity contribution in [2.45, 2.75) is 32.2 Å². The third kappa shape index (κ3) is 3.62.